The molecule has 0 atom stereocenters. The summed E-state index contributed by atoms with van der Waals surface area (Å²) in [7, 11) is 1.63. The lowest BCUT2D eigenvalue weighted by atomic mass is 10.1. The number of thioether (sulfide) groups is 1. The maximum atomic E-state index is 11.5. The van der Waals surface area contributed by atoms with E-state index in [0.717, 1.165) is 22.6 Å². The van der Waals surface area contributed by atoms with Gasteiger partial charge >= 0.3 is 0 Å². The molecule has 0 spiro atoms. The molecule has 0 bridgehead atoms. The Bertz CT molecular complexity index is 1370. The second-order valence-corrected chi connectivity index (χ2v) is 8.90. The summed E-state index contributed by atoms with van der Waals surface area (Å²) in [6.45, 7) is 2.42. The highest BCUT2D eigenvalue weighted by Gasteiger charge is 2.23. The topological polar surface area (TPSA) is 102 Å². The zero-order valence-electron chi connectivity index (χ0n) is 19.1. The van der Waals surface area contributed by atoms with Crippen LogP contribution < -0.4 is 9.47 Å². The molecule has 0 N–H and O–H groups in total. The first-order valence-corrected chi connectivity index (χ1v) is 11.8. The Balaban J connectivity index is 1.53. The van der Waals surface area contributed by atoms with E-state index >= 15 is 0 Å². The van der Waals surface area contributed by atoms with E-state index in [9.17, 15) is 10.1 Å². The van der Waals surface area contributed by atoms with Crippen molar-refractivity contribution >= 4 is 17.4 Å². The van der Waals surface area contributed by atoms with Crippen molar-refractivity contribution in [3.8, 4) is 28.6 Å². The first kappa shape index (κ1) is 22.9. The normalized spacial score (nSPS) is 12.6. The van der Waals surface area contributed by atoms with Crippen LogP contribution in [0.25, 0.3) is 17.1 Å². The van der Waals surface area contributed by atoms with Crippen molar-refractivity contribution in [3.05, 3.63) is 87.5 Å². The van der Waals surface area contributed by atoms with Crippen LogP contribution in [0.4, 0.5) is 5.69 Å². The second-order valence-electron chi connectivity index (χ2n) is 7.96. The van der Waals surface area contributed by atoms with E-state index in [4.69, 9.17) is 14.2 Å². The summed E-state index contributed by atoms with van der Waals surface area (Å²) in [5.41, 5.74) is 4.34. The van der Waals surface area contributed by atoms with Crippen molar-refractivity contribution in [1.82, 2.24) is 14.8 Å². The molecule has 35 heavy (non-hydrogen) atoms. The van der Waals surface area contributed by atoms with E-state index in [1.165, 1.54) is 17.8 Å². The third kappa shape index (κ3) is 4.71. The molecule has 0 fully saturated rings. The van der Waals surface area contributed by atoms with Crippen molar-refractivity contribution in [2.75, 3.05) is 13.9 Å². The fourth-order valence-corrected chi connectivity index (χ4v) is 4.77. The SMILES string of the molecule is COc1ccc(-c2nnc(SCc3cc([N+](=O)[O-])cc4c3OCOC4)n2-c2ccc(C)cc2)cc1. The largest absolute Gasteiger partial charge is 0.497 e. The molecule has 0 amide bonds. The van der Waals surface area contributed by atoms with Gasteiger partial charge in [0.15, 0.2) is 17.8 Å². The van der Waals surface area contributed by atoms with Gasteiger partial charge in [0.2, 0.25) is 0 Å². The van der Waals surface area contributed by atoms with E-state index in [-0.39, 0.29) is 19.1 Å². The van der Waals surface area contributed by atoms with E-state index < -0.39 is 4.92 Å². The molecular formula is C25H22N4O5S. The smallest absolute Gasteiger partial charge is 0.270 e. The quantitative estimate of drug-likeness (QED) is 0.195. The number of rotatable bonds is 7. The molecule has 5 rings (SSSR count). The molecule has 1 aliphatic rings. The van der Waals surface area contributed by atoms with Crippen LogP contribution in [0.5, 0.6) is 11.5 Å². The van der Waals surface area contributed by atoms with Crippen molar-refractivity contribution < 1.29 is 19.1 Å². The summed E-state index contributed by atoms with van der Waals surface area (Å²) in [5, 5.41) is 21.1. The monoisotopic (exact) mass is 490 g/mol. The average molecular weight is 491 g/mol. The van der Waals surface area contributed by atoms with Crippen LogP contribution in [-0.2, 0) is 17.1 Å². The van der Waals surface area contributed by atoms with Crippen LogP contribution in [0.3, 0.4) is 0 Å². The Morgan fingerprint density at radius 2 is 1.89 bits per heavy atom. The highest BCUT2D eigenvalue weighted by Crippen LogP contribution is 2.37. The number of non-ortho nitro benzene ring substituents is 1. The van der Waals surface area contributed by atoms with Crippen molar-refractivity contribution in [3.63, 3.8) is 0 Å². The van der Waals surface area contributed by atoms with Crippen LogP contribution >= 0.6 is 11.8 Å². The van der Waals surface area contributed by atoms with Crippen molar-refractivity contribution in [2.24, 2.45) is 0 Å². The third-order valence-electron chi connectivity index (χ3n) is 5.61. The predicted molar refractivity (Wildman–Crippen MR) is 131 cm³/mol. The Kier molecular flexibility index (Phi) is 6.39. The third-order valence-corrected chi connectivity index (χ3v) is 6.59. The molecule has 0 aliphatic carbocycles. The zero-order chi connectivity index (χ0) is 24.4. The maximum Gasteiger partial charge on any atom is 0.270 e. The number of nitro groups is 1. The lowest BCUT2D eigenvalue weighted by Crippen LogP contribution is -2.13. The number of benzene rings is 3. The van der Waals surface area contributed by atoms with Crippen LogP contribution in [0, 0.1) is 17.0 Å². The summed E-state index contributed by atoms with van der Waals surface area (Å²) in [5.74, 6) is 2.48. The Morgan fingerprint density at radius 3 is 2.60 bits per heavy atom. The maximum absolute atomic E-state index is 11.5. The summed E-state index contributed by atoms with van der Waals surface area (Å²) >= 11 is 1.44. The molecule has 3 aromatic carbocycles. The van der Waals surface area contributed by atoms with Crippen LogP contribution in [0.2, 0.25) is 0 Å². The van der Waals surface area contributed by atoms with Gasteiger partial charge in [0.25, 0.3) is 5.69 Å². The first-order valence-electron chi connectivity index (χ1n) is 10.8. The zero-order valence-corrected chi connectivity index (χ0v) is 19.9. The first-order chi connectivity index (χ1) is 17.0. The van der Waals surface area contributed by atoms with Crippen LogP contribution in [0.15, 0.2) is 65.8 Å². The summed E-state index contributed by atoms with van der Waals surface area (Å²) in [6, 6.07) is 18.8. The number of aromatic nitrogens is 3. The van der Waals surface area contributed by atoms with Gasteiger partial charge in [-0.25, -0.2) is 0 Å². The van der Waals surface area contributed by atoms with Gasteiger partial charge in [0, 0.05) is 40.3 Å². The van der Waals surface area contributed by atoms with Gasteiger partial charge in [-0.3, -0.25) is 14.7 Å². The van der Waals surface area contributed by atoms with E-state index in [1.807, 2.05) is 60.0 Å². The fourth-order valence-electron chi connectivity index (χ4n) is 3.85. The molecule has 4 aromatic rings. The lowest BCUT2D eigenvalue weighted by molar-refractivity contribution is -0.385. The summed E-state index contributed by atoms with van der Waals surface area (Å²) < 4.78 is 18.3. The molecular weight excluding hydrogens is 468 g/mol. The molecule has 0 saturated carbocycles. The summed E-state index contributed by atoms with van der Waals surface area (Å²) in [4.78, 5) is 11.1. The number of hydrogen-bond acceptors (Lipinski definition) is 8. The number of hydrogen-bond donors (Lipinski definition) is 0. The van der Waals surface area contributed by atoms with E-state index in [2.05, 4.69) is 10.2 Å². The minimum absolute atomic E-state index is 0.00683. The molecule has 2 heterocycles. The molecule has 0 unspecified atom stereocenters. The Morgan fingerprint density at radius 1 is 1.11 bits per heavy atom. The second kappa shape index (κ2) is 9.77. The summed E-state index contributed by atoms with van der Waals surface area (Å²) in [6.07, 6.45) is 0. The van der Waals surface area contributed by atoms with Crippen molar-refractivity contribution in [2.45, 2.75) is 24.4 Å². The van der Waals surface area contributed by atoms with Crippen molar-refractivity contribution in [1.29, 1.82) is 0 Å². The van der Waals surface area contributed by atoms with E-state index in [0.29, 0.717) is 33.6 Å². The average Bonchev–Trinajstić information content (AvgIpc) is 3.31. The number of ether oxygens (including phenoxy) is 3. The Labute approximate surface area is 205 Å². The molecule has 1 aliphatic heterocycles. The fraction of sp³-hybridized carbons (Fsp3) is 0.200. The van der Waals surface area contributed by atoms with Gasteiger partial charge in [0.05, 0.1) is 18.6 Å². The van der Waals surface area contributed by atoms with Gasteiger partial charge in [-0.05, 0) is 43.3 Å². The van der Waals surface area contributed by atoms with Gasteiger partial charge in [-0.15, -0.1) is 10.2 Å². The van der Waals surface area contributed by atoms with E-state index in [1.54, 1.807) is 13.2 Å². The minimum atomic E-state index is -0.403. The highest BCUT2D eigenvalue weighted by atomic mass is 32.2. The number of methoxy groups -OCH3 is 1. The number of aryl methyl sites for hydroxylation is 1. The van der Waals surface area contributed by atoms with Gasteiger partial charge < -0.3 is 14.2 Å². The molecule has 10 heteroatoms. The van der Waals surface area contributed by atoms with Crippen LogP contribution in [-0.4, -0.2) is 33.6 Å². The molecule has 1 aromatic heterocycles. The molecule has 178 valence electrons. The standard InChI is InChI=1S/C25H22N4O5S/c1-16-3-7-20(8-4-16)28-24(17-5-9-22(32-2)10-6-17)26-27-25(28)35-14-19-12-21(29(30)31)11-18-13-33-15-34-23(18)19/h3-12H,13-15H2,1-2H3. The Hall–Kier alpha value is -3.89. The molecule has 0 saturated heterocycles. The highest BCUT2D eigenvalue weighted by molar-refractivity contribution is 7.98. The number of nitrogens with zero attached hydrogens (tertiary/aromatic N) is 4. The minimum Gasteiger partial charge on any atom is -0.497 e. The van der Waals surface area contributed by atoms with Gasteiger partial charge in [-0.2, -0.15) is 0 Å². The number of nitro benzene ring substituents is 1. The lowest BCUT2D eigenvalue weighted by Gasteiger charge is -2.20. The van der Waals surface area contributed by atoms with Crippen LogP contribution in [0.1, 0.15) is 16.7 Å². The number of fused-ring (bicyclic) bond motifs is 1. The molecule has 9 nitrogen and oxygen atoms in total. The molecule has 0 radical (unpaired) electrons. The predicted octanol–water partition coefficient (Wildman–Crippen LogP) is 5.32. The van der Waals surface area contributed by atoms with Gasteiger partial charge in [0.1, 0.15) is 11.5 Å². The van der Waals surface area contributed by atoms with Gasteiger partial charge in [-0.1, -0.05) is 29.5 Å².